The molecule has 0 amide bonds. The van der Waals surface area contributed by atoms with Crippen LogP contribution in [0.1, 0.15) is 30.5 Å². The zero-order valence-corrected chi connectivity index (χ0v) is 9.81. The molecular formula is C13H18N2. The van der Waals surface area contributed by atoms with E-state index in [1.165, 1.54) is 27.6 Å². The summed E-state index contributed by atoms with van der Waals surface area (Å²) in [6.07, 6.45) is 2.02. The summed E-state index contributed by atoms with van der Waals surface area (Å²) in [5.74, 6) is 0. The van der Waals surface area contributed by atoms with Crippen LogP contribution in [0.3, 0.4) is 0 Å². The smallest absolute Gasteiger partial charge is 0.0487 e. The van der Waals surface area contributed by atoms with Crippen LogP contribution in [0.25, 0.3) is 10.9 Å². The molecule has 2 nitrogen and oxygen atoms in total. The van der Waals surface area contributed by atoms with Crippen molar-refractivity contribution in [3.63, 3.8) is 0 Å². The first-order chi connectivity index (χ1) is 6.89. The van der Waals surface area contributed by atoms with Crippen molar-refractivity contribution in [2.45, 2.75) is 33.2 Å². The predicted molar refractivity (Wildman–Crippen MR) is 65.0 cm³/mol. The van der Waals surface area contributed by atoms with E-state index >= 15 is 0 Å². The van der Waals surface area contributed by atoms with E-state index in [0.717, 1.165) is 0 Å². The van der Waals surface area contributed by atoms with Gasteiger partial charge >= 0.3 is 0 Å². The Hall–Kier alpha value is -1.28. The summed E-state index contributed by atoms with van der Waals surface area (Å²) in [7, 11) is 0. The first-order valence-electron chi connectivity index (χ1n) is 5.27. The Morgan fingerprint density at radius 2 is 1.87 bits per heavy atom. The van der Waals surface area contributed by atoms with Crippen LogP contribution < -0.4 is 5.73 Å². The van der Waals surface area contributed by atoms with Crippen molar-refractivity contribution < 1.29 is 0 Å². The van der Waals surface area contributed by atoms with Crippen molar-refractivity contribution >= 4 is 10.9 Å². The third-order valence-electron chi connectivity index (χ3n) is 2.83. The molecule has 0 saturated heterocycles. The first-order valence-corrected chi connectivity index (χ1v) is 5.27. The maximum atomic E-state index is 6.15. The Labute approximate surface area is 90.5 Å². The van der Waals surface area contributed by atoms with Crippen molar-refractivity contribution in [1.29, 1.82) is 0 Å². The van der Waals surface area contributed by atoms with Gasteiger partial charge in [-0.1, -0.05) is 11.6 Å². The van der Waals surface area contributed by atoms with Crippen molar-refractivity contribution in [1.82, 2.24) is 4.98 Å². The van der Waals surface area contributed by atoms with Crippen LogP contribution in [-0.2, 0) is 5.54 Å². The number of nitrogens with one attached hydrogen (secondary N) is 1. The minimum Gasteiger partial charge on any atom is -0.361 e. The minimum absolute atomic E-state index is 0.293. The largest absolute Gasteiger partial charge is 0.361 e. The monoisotopic (exact) mass is 202 g/mol. The molecule has 0 aliphatic carbocycles. The van der Waals surface area contributed by atoms with Crippen LogP contribution in [0.4, 0.5) is 0 Å². The van der Waals surface area contributed by atoms with Gasteiger partial charge < -0.3 is 10.7 Å². The Kier molecular flexibility index (Phi) is 2.12. The highest BCUT2D eigenvalue weighted by atomic mass is 14.8. The van der Waals surface area contributed by atoms with E-state index in [0.29, 0.717) is 0 Å². The van der Waals surface area contributed by atoms with E-state index in [1.54, 1.807) is 0 Å². The normalized spacial score (nSPS) is 12.3. The van der Waals surface area contributed by atoms with Gasteiger partial charge in [0.1, 0.15) is 0 Å². The molecule has 80 valence electrons. The molecule has 15 heavy (non-hydrogen) atoms. The molecular weight excluding hydrogens is 184 g/mol. The van der Waals surface area contributed by atoms with E-state index in [2.05, 4.69) is 31.0 Å². The van der Waals surface area contributed by atoms with Gasteiger partial charge in [-0.2, -0.15) is 0 Å². The fourth-order valence-corrected chi connectivity index (χ4v) is 2.13. The van der Waals surface area contributed by atoms with E-state index < -0.39 is 0 Å². The standard InChI is InChI=1S/C13H18N2/c1-8-5-9(2)12-10(6-8)11(7-15-12)13(3,4)14/h5-7,15H,14H2,1-4H3. The number of aromatic amines is 1. The van der Waals surface area contributed by atoms with Gasteiger partial charge in [0.15, 0.2) is 0 Å². The highest BCUT2D eigenvalue weighted by Crippen LogP contribution is 2.29. The molecule has 0 aliphatic rings. The summed E-state index contributed by atoms with van der Waals surface area (Å²) >= 11 is 0. The molecule has 0 aliphatic heterocycles. The first kappa shape index (κ1) is 10.2. The quantitative estimate of drug-likeness (QED) is 0.733. The second-order valence-electron chi connectivity index (χ2n) is 4.93. The molecule has 1 heterocycles. The van der Waals surface area contributed by atoms with E-state index in [9.17, 15) is 0 Å². The molecule has 1 aromatic heterocycles. The number of rotatable bonds is 1. The van der Waals surface area contributed by atoms with Crippen LogP contribution in [0.15, 0.2) is 18.3 Å². The van der Waals surface area contributed by atoms with Gasteiger partial charge in [0.05, 0.1) is 0 Å². The van der Waals surface area contributed by atoms with Gasteiger partial charge in [0, 0.05) is 22.6 Å². The van der Waals surface area contributed by atoms with Crippen LogP contribution in [-0.4, -0.2) is 4.98 Å². The lowest BCUT2D eigenvalue weighted by Gasteiger charge is -2.17. The number of nitrogens with two attached hydrogens (primary N) is 1. The Balaban J connectivity index is 2.80. The van der Waals surface area contributed by atoms with Crippen LogP contribution >= 0.6 is 0 Å². The number of benzene rings is 1. The van der Waals surface area contributed by atoms with E-state index in [1.807, 2.05) is 20.0 Å². The molecule has 3 N–H and O–H groups in total. The zero-order valence-electron chi connectivity index (χ0n) is 9.81. The Morgan fingerprint density at radius 3 is 2.47 bits per heavy atom. The van der Waals surface area contributed by atoms with Crippen LogP contribution in [0, 0.1) is 13.8 Å². The molecule has 0 radical (unpaired) electrons. The van der Waals surface area contributed by atoms with Crippen molar-refractivity contribution in [2.24, 2.45) is 5.73 Å². The number of aryl methyl sites for hydroxylation is 2. The van der Waals surface area contributed by atoms with Crippen molar-refractivity contribution in [3.05, 3.63) is 35.0 Å². The topological polar surface area (TPSA) is 41.8 Å². The van der Waals surface area contributed by atoms with Gasteiger partial charge in [-0.15, -0.1) is 0 Å². The molecule has 0 saturated carbocycles. The third kappa shape index (κ3) is 1.65. The molecule has 0 unspecified atom stereocenters. The zero-order chi connectivity index (χ0) is 11.2. The average Bonchev–Trinajstić information content (AvgIpc) is 2.45. The number of hydrogen-bond acceptors (Lipinski definition) is 1. The summed E-state index contributed by atoms with van der Waals surface area (Å²) in [4.78, 5) is 3.31. The van der Waals surface area contributed by atoms with E-state index in [-0.39, 0.29) is 5.54 Å². The highest BCUT2D eigenvalue weighted by molar-refractivity contribution is 5.87. The van der Waals surface area contributed by atoms with Crippen LogP contribution in [0.2, 0.25) is 0 Å². The van der Waals surface area contributed by atoms with Gasteiger partial charge in [-0.05, 0) is 44.9 Å². The number of aromatic nitrogens is 1. The molecule has 0 bridgehead atoms. The fourth-order valence-electron chi connectivity index (χ4n) is 2.13. The van der Waals surface area contributed by atoms with Crippen molar-refractivity contribution in [2.75, 3.05) is 0 Å². The molecule has 2 rings (SSSR count). The molecule has 2 heteroatoms. The fraction of sp³-hybridized carbons (Fsp3) is 0.385. The number of fused-ring (bicyclic) bond motifs is 1. The van der Waals surface area contributed by atoms with Crippen molar-refractivity contribution in [3.8, 4) is 0 Å². The molecule has 0 atom stereocenters. The summed E-state index contributed by atoms with van der Waals surface area (Å²) in [6, 6.07) is 4.38. The molecule has 0 spiro atoms. The third-order valence-corrected chi connectivity index (χ3v) is 2.83. The van der Waals surface area contributed by atoms with Gasteiger partial charge in [0.25, 0.3) is 0 Å². The average molecular weight is 202 g/mol. The molecule has 2 aromatic rings. The predicted octanol–water partition coefficient (Wildman–Crippen LogP) is 2.98. The lowest BCUT2D eigenvalue weighted by Crippen LogP contribution is -2.28. The summed E-state index contributed by atoms with van der Waals surface area (Å²) < 4.78 is 0. The lowest BCUT2D eigenvalue weighted by molar-refractivity contribution is 0.559. The Bertz CT molecular complexity index is 501. The van der Waals surface area contributed by atoms with Gasteiger partial charge in [-0.25, -0.2) is 0 Å². The van der Waals surface area contributed by atoms with Gasteiger partial charge in [-0.3, -0.25) is 0 Å². The Morgan fingerprint density at radius 1 is 1.20 bits per heavy atom. The number of hydrogen-bond donors (Lipinski definition) is 2. The summed E-state index contributed by atoms with van der Waals surface area (Å²) in [5.41, 5.74) is 10.8. The minimum atomic E-state index is -0.293. The molecule has 1 aromatic carbocycles. The van der Waals surface area contributed by atoms with Gasteiger partial charge in [0.2, 0.25) is 0 Å². The summed E-state index contributed by atoms with van der Waals surface area (Å²) in [5, 5.41) is 1.25. The second-order valence-corrected chi connectivity index (χ2v) is 4.93. The maximum Gasteiger partial charge on any atom is 0.0487 e. The second kappa shape index (κ2) is 3.11. The lowest BCUT2D eigenvalue weighted by atomic mass is 9.94. The molecule has 0 fully saturated rings. The maximum absolute atomic E-state index is 6.15. The van der Waals surface area contributed by atoms with E-state index in [4.69, 9.17) is 5.73 Å². The summed E-state index contributed by atoms with van der Waals surface area (Å²) in [6.45, 7) is 8.31. The number of H-pyrrole nitrogens is 1. The SMILES string of the molecule is Cc1cc(C)c2[nH]cc(C(C)(C)N)c2c1. The van der Waals surface area contributed by atoms with Crippen LogP contribution in [0.5, 0.6) is 0 Å². The highest BCUT2D eigenvalue weighted by Gasteiger charge is 2.19.